The minimum atomic E-state index is -0.909. The summed E-state index contributed by atoms with van der Waals surface area (Å²) in [7, 11) is 1.66. The highest BCUT2D eigenvalue weighted by atomic mass is 16.5. The number of nitrogens with zero attached hydrogens (tertiary/aromatic N) is 3. The van der Waals surface area contributed by atoms with E-state index in [1.165, 1.54) is 4.90 Å². The van der Waals surface area contributed by atoms with Gasteiger partial charge in [-0.3, -0.25) is 14.8 Å². The van der Waals surface area contributed by atoms with E-state index in [2.05, 4.69) is 25.9 Å². The molecular formula is C39H48N6O5. The number of aliphatic hydroxyl groups excluding tert-OH is 1. The van der Waals surface area contributed by atoms with Gasteiger partial charge in [-0.25, -0.2) is 9.59 Å². The predicted octanol–water partition coefficient (Wildman–Crippen LogP) is 5.49. The number of carbonyl (C=O) groups excluding carboxylic acids is 3. The first-order valence-corrected chi connectivity index (χ1v) is 16.9. The number of carbonyl (C=O) groups is 3. The molecule has 4 amide bonds. The Morgan fingerprint density at radius 3 is 2.20 bits per heavy atom. The number of hydrogen-bond donors (Lipinski definition) is 4. The number of hydrogen-bond acceptors (Lipinski definition) is 7. The van der Waals surface area contributed by atoms with Crippen LogP contribution in [0.2, 0.25) is 0 Å². The molecule has 50 heavy (non-hydrogen) atoms. The number of pyridine rings is 2. The van der Waals surface area contributed by atoms with Gasteiger partial charge in [-0.05, 0) is 61.4 Å². The number of rotatable bonds is 16. The van der Waals surface area contributed by atoms with Crippen LogP contribution in [0.1, 0.15) is 60.8 Å². The van der Waals surface area contributed by atoms with Crippen molar-refractivity contribution in [2.75, 3.05) is 7.05 Å². The number of nitrogens with one attached hydrogen (secondary N) is 3. The molecule has 3 unspecified atom stereocenters. The molecule has 0 aliphatic heterocycles. The number of aliphatic hydroxyl groups is 1. The van der Waals surface area contributed by atoms with Crippen LogP contribution in [0.25, 0.3) is 0 Å². The van der Waals surface area contributed by atoms with E-state index in [1.54, 1.807) is 25.5 Å². The summed E-state index contributed by atoms with van der Waals surface area (Å²) in [5.41, 5.74) is 4.15. The number of alkyl carbamates (subject to hydrolysis) is 1. The fraction of sp³-hybridized carbons (Fsp3) is 0.359. The average molecular weight is 681 g/mol. The standard InChI is InChI=1S/C39H48N6O5/c1-27(2)36(44-38(48)45(4)25-32-19-11-13-28(3)41-32)37(47)42-33(21-29-14-7-5-8-15-29)22-34(46)23-35(31-17-9-6-10-18-31)43-39(49)50-26-30-16-12-20-40-24-30/h5-20,24,27,33-36,46H,21-23,25-26H2,1-4H3,(H,42,47)(H,43,49)(H,44,48)/t33?,34?,35?,36-/m0/s1. The molecule has 4 aromatic rings. The number of amides is 4. The molecule has 11 heteroatoms. The Kier molecular flexibility index (Phi) is 14.3. The van der Waals surface area contributed by atoms with Gasteiger partial charge in [0.1, 0.15) is 12.6 Å². The summed E-state index contributed by atoms with van der Waals surface area (Å²) in [6, 6.07) is 26.1. The van der Waals surface area contributed by atoms with Gasteiger partial charge in [0, 0.05) is 36.7 Å². The van der Waals surface area contributed by atoms with Crippen molar-refractivity contribution in [1.82, 2.24) is 30.8 Å². The predicted molar refractivity (Wildman–Crippen MR) is 192 cm³/mol. The van der Waals surface area contributed by atoms with Gasteiger partial charge in [0.15, 0.2) is 0 Å². The van der Waals surface area contributed by atoms with Gasteiger partial charge < -0.3 is 30.7 Å². The zero-order valence-electron chi connectivity index (χ0n) is 29.2. The summed E-state index contributed by atoms with van der Waals surface area (Å²) in [5, 5.41) is 20.4. The molecule has 0 saturated heterocycles. The molecule has 4 atom stereocenters. The molecular weight excluding hydrogens is 632 g/mol. The summed E-state index contributed by atoms with van der Waals surface area (Å²) in [6.45, 7) is 5.98. The maximum absolute atomic E-state index is 13.8. The average Bonchev–Trinajstić information content (AvgIpc) is 3.10. The Balaban J connectivity index is 1.43. The van der Waals surface area contributed by atoms with Gasteiger partial charge in [-0.15, -0.1) is 0 Å². The first-order chi connectivity index (χ1) is 24.1. The van der Waals surface area contributed by atoms with E-state index in [-0.39, 0.29) is 37.8 Å². The van der Waals surface area contributed by atoms with E-state index >= 15 is 0 Å². The van der Waals surface area contributed by atoms with Gasteiger partial charge in [0.2, 0.25) is 5.91 Å². The Labute approximate surface area is 294 Å². The quantitative estimate of drug-likeness (QED) is 0.123. The summed E-state index contributed by atoms with van der Waals surface area (Å²) in [6.07, 6.45) is 2.58. The van der Waals surface area contributed by atoms with E-state index in [9.17, 15) is 19.5 Å². The summed E-state index contributed by atoms with van der Waals surface area (Å²) >= 11 is 0. The second kappa shape index (κ2) is 19.0. The molecule has 2 aromatic heterocycles. The lowest BCUT2D eigenvalue weighted by molar-refractivity contribution is -0.124. The second-order valence-corrected chi connectivity index (χ2v) is 12.9. The fourth-order valence-electron chi connectivity index (χ4n) is 5.64. The largest absolute Gasteiger partial charge is 0.445 e. The van der Waals surface area contributed by atoms with Crippen LogP contribution in [-0.4, -0.2) is 63.2 Å². The van der Waals surface area contributed by atoms with E-state index in [0.29, 0.717) is 6.42 Å². The fourth-order valence-corrected chi connectivity index (χ4v) is 5.64. The molecule has 0 fully saturated rings. The van der Waals surface area contributed by atoms with Crippen molar-refractivity contribution >= 4 is 18.0 Å². The molecule has 2 aromatic carbocycles. The molecule has 0 aliphatic rings. The molecule has 0 saturated carbocycles. The van der Waals surface area contributed by atoms with Crippen LogP contribution in [0.3, 0.4) is 0 Å². The summed E-state index contributed by atoms with van der Waals surface area (Å²) in [4.78, 5) is 49.8. The highest BCUT2D eigenvalue weighted by molar-refractivity contribution is 5.87. The van der Waals surface area contributed by atoms with E-state index < -0.39 is 36.4 Å². The van der Waals surface area contributed by atoms with Gasteiger partial charge in [-0.1, -0.05) is 86.6 Å². The minimum absolute atomic E-state index is 0.0566. The van der Waals surface area contributed by atoms with Crippen LogP contribution in [0.5, 0.6) is 0 Å². The lowest BCUT2D eigenvalue weighted by Gasteiger charge is -2.29. The molecule has 4 N–H and O–H groups in total. The first kappa shape index (κ1) is 37.5. The maximum atomic E-state index is 13.8. The Hall–Kier alpha value is -5.29. The van der Waals surface area contributed by atoms with E-state index in [1.807, 2.05) is 106 Å². The number of urea groups is 1. The summed E-state index contributed by atoms with van der Waals surface area (Å²) < 4.78 is 5.44. The van der Waals surface area contributed by atoms with Crippen molar-refractivity contribution in [3.8, 4) is 0 Å². The van der Waals surface area contributed by atoms with Crippen LogP contribution >= 0.6 is 0 Å². The van der Waals surface area contributed by atoms with Crippen molar-refractivity contribution in [2.24, 2.45) is 5.92 Å². The smallest absolute Gasteiger partial charge is 0.407 e. The molecule has 0 aliphatic carbocycles. The van der Waals surface area contributed by atoms with Crippen LogP contribution in [0, 0.1) is 12.8 Å². The van der Waals surface area contributed by atoms with Crippen LogP contribution in [0.4, 0.5) is 9.59 Å². The van der Waals surface area contributed by atoms with E-state index in [0.717, 1.165) is 28.1 Å². The molecule has 0 spiro atoms. The maximum Gasteiger partial charge on any atom is 0.407 e. The Morgan fingerprint density at radius 2 is 1.54 bits per heavy atom. The molecule has 4 rings (SSSR count). The molecule has 0 radical (unpaired) electrons. The third kappa shape index (κ3) is 12.3. The van der Waals surface area contributed by atoms with Gasteiger partial charge in [-0.2, -0.15) is 0 Å². The second-order valence-electron chi connectivity index (χ2n) is 12.9. The Morgan fingerprint density at radius 1 is 0.840 bits per heavy atom. The molecule has 11 nitrogen and oxygen atoms in total. The third-order valence-corrected chi connectivity index (χ3v) is 8.24. The number of aryl methyl sites for hydroxylation is 1. The molecule has 264 valence electrons. The van der Waals surface area contributed by atoms with Crippen molar-refractivity contribution in [3.63, 3.8) is 0 Å². The third-order valence-electron chi connectivity index (χ3n) is 8.24. The number of ether oxygens (including phenoxy) is 1. The summed E-state index contributed by atoms with van der Waals surface area (Å²) in [5.74, 6) is -0.559. The SMILES string of the molecule is Cc1cccc(CN(C)C(=O)N[C@H](C(=O)NC(Cc2ccccc2)CC(O)CC(NC(=O)OCc2cccnc2)c2ccccc2)C(C)C)n1. The highest BCUT2D eigenvalue weighted by Gasteiger charge is 2.29. The number of aromatic nitrogens is 2. The van der Waals surface area contributed by atoms with E-state index in [4.69, 9.17) is 4.74 Å². The van der Waals surface area contributed by atoms with Crippen molar-refractivity contribution < 1.29 is 24.2 Å². The van der Waals surface area contributed by atoms with Gasteiger partial charge >= 0.3 is 12.1 Å². The van der Waals surface area contributed by atoms with Gasteiger partial charge in [0.05, 0.1) is 24.4 Å². The lowest BCUT2D eigenvalue weighted by Crippen LogP contribution is -2.55. The molecule has 0 bridgehead atoms. The Bertz CT molecular complexity index is 1640. The zero-order valence-corrected chi connectivity index (χ0v) is 29.2. The highest BCUT2D eigenvalue weighted by Crippen LogP contribution is 2.22. The van der Waals surface area contributed by atoms with Crippen LogP contribution in [-0.2, 0) is 29.1 Å². The van der Waals surface area contributed by atoms with Crippen molar-refractivity contribution in [3.05, 3.63) is 131 Å². The van der Waals surface area contributed by atoms with Crippen molar-refractivity contribution in [2.45, 2.75) is 77.4 Å². The lowest BCUT2D eigenvalue weighted by atomic mass is 9.94. The molecule has 2 heterocycles. The van der Waals surface area contributed by atoms with Gasteiger partial charge in [0.25, 0.3) is 0 Å². The number of benzene rings is 2. The zero-order chi connectivity index (χ0) is 35.9. The topological polar surface area (TPSA) is 146 Å². The monoisotopic (exact) mass is 680 g/mol. The normalized spacial score (nSPS) is 13.4. The minimum Gasteiger partial charge on any atom is -0.445 e. The van der Waals surface area contributed by atoms with Crippen LogP contribution in [0.15, 0.2) is 103 Å². The van der Waals surface area contributed by atoms with Crippen molar-refractivity contribution in [1.29, 1.82) is 0 Å². The van der Waals surface area contributed by atoms with Crippen LogP contribution < -0.4 is 16.0 Å². The first-order valence-electron chi connectivity index (χ1n) is 16.9.